The molecule has 1 aliphatic carbocycles. The van der Waals surface area contributed by atoms with Crippen molar-refractivity contribution in [1.82, 2.24) is 4.72 Å². The lowest BCUT2D eigenvalue weighted by Gasteiger charge is -2.14. The van der Waals surface area contributed by atoms with Gasteiger partial charge in [0.05, 0.1) is 20.5 Å². The first-order valence-electron chi connectivity index (χ1n) is 8.63. The lowest BCUT2D eigenvalue weighted by atomic mass is 10.1. The number of halogens is 1. The molecule has 0 aromatic heterocycles. The van der Waals surface area contributed by atoms with Crippen LogP contribution >= 0.6 is 11.6 Å². The summed E-state index contributed by atoms with van der Waals surface area (Å²) in [7, 11) is -8.18. The van der Waals surface area contributed by atoms with E-state index in [-0.39, 0.29) is 20.5 Å². The number of hydrogen-bond acceptors (Lipinski definition) is 5. The number of nitrogens with zero attached hydrogens (tertiary/aromatic N) is 1. The fourth-order valence-corrected chi connectivity index (χ4v) is 4.76. The van der Waals surface area contributed by atoms with E-state index in [2.05, 4.69) is 9.12 Å². The molecule has 0 heterocycles. The van der Waals surface area contributed by atoms with Crippen molar-refractivity contribution in [2.45, 2.75) is 23.6 Å². The Morgan fingerprint density at radius 2 is 1.30 bits per heavy atom. The second kappa shape index (κ2) is 8.17. The highest BCUT2D eigenvalue weighted by atomic mass is 35.5. The predicted octanol–water partition coefficient (Wildman–Crippen LogP) is 3.00. The number of sulfonamides is 2. The van der Waals surface area contributed by atoms with Crippen molar-refractivity contribution in [3.8, 4) is 0 Å². The predicted molar refractivity (Wildman–Crippen MR) is 114 cm³/mol. The van der Waals surface area contributed by atoms with Gasteiger partial charge in [-0.2, -0.15) is 12.8 Å². The van der Waals surface area contributed by atoms with E-state index in [4.69, 9.17) is 11.6 Å². The highest BCUT2D eigenvalue weighted by molar-refractivity contribution is 7.90. The van der Waals surface area contributed by atoms with Crippen LogP contribution in [0.25, 0.3) is 0 Å². The summed E-state index contributed by atoms with van der Waals surface area (Å²) in [5.41, 5.74) is 1.16. The molecule has 0 unspecified atom stereocenters. The third-order valence-electron chi connectivity index (χ3n) is 4.14. The SMILES string of the molecule is Cc1ccc(S(=O)(=O)N=C2C=C(NS(=O)(=O)c3ccc(C)cc3)C=C(Cl)C2=O)cc1. The van der Waals surface area contributed by atoms with Crippen LogP contribution in [0.4, 0.5) is 0 Å². The smallest absolute Gasteiger partial charge is 0.282 e. The summed E-state index contributed by atoms with van der Waals surface area (Å²) in [6.45, 7) is 3.62. The standard InChI is InChI=1S/C20H17ClN2O5S2/c1-13-3-7-16(8-4-13)29(25,26)22-15-11-18(21)20(24)19(12-15)23-30(27,28)17-9-5-14(2)6-10-17/h3-12,22H,1-2H3. The van der Waals surface area contributed by atoms with E-state index >= 15 is 0 Å². The Morgan fingerprint density at radius 1 is 0.800 bits per heavy atom. The molecule has 0 atom stereocenters. The first kappa shape index (κ1) is 21.9. The lowest BCUT2D eigenvalue weighted by Crippen LogP contribution is -2.27. The summed E-state index contributed by atoms with van der Waals surface area (Å²) in [5.74, 6) is -0.828. The molecule has 0 fully saturated rings. The van der Waals surface area contributed by atoms with Crippen LogP contribution < -0.4 is 4.72 Å². The molecule has 1 N–H and O–H groups in total. The monoisotopic (exact) mass is 464 g/mol. The molecule has 156 valence electrons. The Kier molecular flexibility index (Phi) is 5.98. The Hall–Kier alpha value is -2.75. The first-order chi connectivity index (χ1) is 14.0. The molecular formula is C20H17ClN2O5S2. The first-order valence-corrected chi connectivity index (χ1v) is 11.9. The minimum atomic E-state index is -4.20. The minimum Gasteiger partial charge on any atom is -0.286 e. The number of carbonyl (C=O) groups excluding carboxylic acids is 1. The average molecular weight is 465 g/mol. The number of hydrogen-bond donors (Lipinski definition) is 1. The maximum atomic E-state index is 12.6. The van der Waals surface area contributed by atoms with Crippen LogP contribution in [0.15, 0.2) is 85.6 Å². The largest absolute Gasteiger partial charge is 0.286 e. The topological polar surface area (TPSA) is 110 Å². The van der Waals surface area contributed by atoms with Crippen LogP contribution in [0.1, 0.15) is 11.1 Å². The molecule has 2 aromatic carbocycles. The summed E-state index contributed by atoms with van der Waals surface area (Å²) in [4.78, 5) is 12.2. The molecule has 0 amide bonds. The second-order valence-corrected chi connectivity index (χ2v) is 10.3. The summed E-state index contributed by atoms with van der Waals surface area (Å²) in [5, 5.41) is -0.364. The quantitative estimate of drug-likeness (QED) is 0.684. The van der Waals surface area contributed by atoms with Gasteiger partial charge in [-0.05, 0) is 50.3 Å². The molecule has 0 spiro atoms. The van der Waals surface area contributed by atoms with Crippen LogP contribution in [0.3, 0.4) is 0 Å². The summed E-state index contributed by atoms with van der Waals surface area (Å²) in [6, 6.07) is 12.0. The number of ketones is 1. The molecule has 2 aromatic rings. The molecule has 7 nitrogen and oxygen atoms in total. The number of benzene rings is 2. The molecule has 1 aliphatic rings. The summed E-state index contributed by atoms with van der Waals surface area (Å²) >= 11 is 5.91. The van der Waals surface area contributed by atoms with E-state index in [9.17, 15) is 21.6 Å². The van der Waals surface area contributed by atoms with Crippen molar-refractivity contribution in [2.75, 3.05) is 0 Å². The van der Waals surface area contributed by atoms with Gasteiger partial charge in [0, 0.05) is 0 Å². The summed E-state index contributed by atoms with van der Waals surface area (Å²) < 4.78 is 56.1. The Bertz CT molecular complexity index is 1310. The van der Waals surface area contributed by atoms with Crippen LogP contribution in [0.2, 0.25) is 0 Å². The van der Waals surface area contributed by atoms with Gasteiger partial charge in [0.25, 0.3) is 20.0 Å². The van der Waals surface area contributed by atoms with E-state index in [1.807, 2.05) is 6.92 Å². The van der Waals surface area contributed by atoms with E-state index < -0.39 is 31.5 Å². The molecule has 10 heteroatoms. The van der Waals surface area contributed by atoms with Gasteiger partial charge in [0.15, 0.2) is 0 Å². The second-order valence-electron chi connectivity index (χ2n) is 6.60. The van der Waals surface area contributed by atoms with Crippen molar-refractivity contribution in [3.05, 3.63) is 82.5 Å². The Balaban J connectivity index is 1.97. The zero-order chi connectivity index (χ0) is 22.1. The summed E-state index contributed by atoms with van der Waals surface area (Å²) in [6.07, 6.45) is 2.14. The molecule has 0 saturated heterocycles. The van der Waals surface area contributed by atoms with Crippen molar-refractivity contribution >= 4 is 43.1 Å². The average Bonchev–Trinajstić information content (AvgIpc) is 2.66. The van der Waals surface area contributed by atoms with Crippen LogP contribution in [-0.2, 0) is 24.8 Å². The Labute approximate surface area is 179 Å². The maximum Gasteiger partial charge on any atom is 0.282 e. The fourth-order valence-electron chi connectivity index (χ4n) is 2.53. The molecule has 0 radical (unpaired) electrons. The zero-order valence-electron chi connectivity index (χ0n) is 16.0. The van der Waals surface area contributed by atoms with E-state index in [0.717, 1.165) is 23.3 Å². The molecule has 30 heavy (non-hydrogen) atoms. The lowest BCUT2D eigenvalue weighted by molar-refractivity contribution is -0.109. The van der Waals surface area contributed by atoms with Gasteiger partial charge in [-0.25, -0.2) is 8.42 Å². The van der Waals surface area contributed by atoms with E-state index in [0.29, 0.717) is 0 Å². The molecule has 0 saturated carbocycles. The van der Waals surface area contributed by atoms with Gasteiger partial charge < -0.3 is 0 Å². The number of aryl methyl sites for hydroxylation is 2. The van der Waals surface area contributed by atoms with E-state index in [1.54, 1.807) is 31.2 Å². The number of rotatable bonds is 5. The fraction of sp³-hybridized carbons (Fsp3) is 0.100. The van der Waals surface area contributed by atoms with Gasteiger partial charge in [-0.3, -0.25) is 9.52 Å². The number of allylic oxidation sites excluding steroid dienone is 3. The van der Waals surface area contributed by atoms with Crippen molar-refractivity contribution < 1.29 is 21.6 Å². The van der Waals surface area contributed by atoms with Gasteiger partial charge in [-0.1, -0.05) is 47.0 Å². The minimum absolute atomic E-state index is 0.00110. The van der Waals surface area contributed by atoms with Crippen molar-refractivity contribution in [3.63, 3.8) is 0 Å². The third kappa shape index (κ3) is 4.86. The van der Waals surface area contributed by atoms with Crippen LogP contribution in [-0.4, -0.2) is 28.3 Å². The highest BCUT2D eigenvalue weighted by Gasteiger charge is 2.25. The van der Waals surface area contributed by atoms with Crippen LogP contribution in [0, 0.1) is 13.8 Å². The molecule has 0 bridgehead atoms. The molecule has 3 rings (SSSR count). The van der Waals surface area contributed by atoms with Crippen molar-refractivity contribution in [2.24, 2.45) is 4.40 Å². The van der Waals surface area contributed by atoms with Gasteiger partial charge in [0.2, 0.25) is 5.78 Å². The van der Waals surface area contributed by atoms with Gasteiger partial charge in [0.1, 0.15) is 5.71 Å². The maximum absolute atomic E-state index is 12.6. The normalized spacial score (nSPS) is 16.2. The zero-order valence-corrected chi connectivity index (χ0v) is 18.3. The highest BCUT2D eigenvalue weighted by Crippen LogP contribution is 2.20. The van der Waals surface area contributed by atoms with Crippen LogP contribution in [0.5, 0.6) is 0 Å². The van der Waals surface area contributed by atoms with Gasteiger partial charge >= 0.3 is 0 Å². The number of carbonyl (C=O) groups is 1. The molecule has 0 aliphatic heterocycles. The van der Waals surface area contributed by atoms with Gasteiger partial charge in [-0.15, -0.1) is 0 Å². The third-order valence-corrected chi connectivity index (χ3v) is 7.13. The van der Waals surface area contributed by atoms with E-state index in [1.165, 1.54) is 24.3 Å². The number of Topliss-reactive ketones (excluding diaryl/α,β-unsaturated/α-hetero) is 1. The molecular weight excluding hydrogens is 448 g/mol. The number of nitrogens with one attached hydrogen (secondary N) is 1. The van der Waals surface area contributed by atoms with Crippen molar-refractivity contribution in [1.29, 1.82) is 0 Å². The Morgan fingerprint density at radius 3 is 1.83 bits per heavy atom.